The van der Waals surface area contributed by atoms with Gasteiger partial charge in [0, 0.05) is 11.9 Å². The fourth-order valence-electron chi connectivity index (χ4n) is 2.11. The predicted molar refractivity (Wildman–Crippen MR) is 85.9 cm³/mol. The highest BCUT2D eigenvalue weighted by molar-refractivity contribution is 5.96. The summed E-state index contributed by atoms with van der Waals surface area (Å²) in [5.41, 5.74) is 3.31. The number of aryl methyl sites for hydroxylation is 2. The zero-order valence-corrected chi connectivity index (χ0v) is 13.3. The molecule has 7 heteroatoms. The third kappa shape index (κ3) is 4.77. The molecule has 0 radical (unpaired) electrons. The van der Waals surface area contributed by atoms with Gasteiger partial charge in [-0.3, -0.25) is 9.48 Å². The molecule has 0 spiro atoms. The normalized spacial score (nSPS) is 12.3. The van der Waals surface area contributed by atoms with E-state index in [-0.39, 0.29) is 5.91 Å². The number of alkyl halides is 2. The van der Waals surface area contributed by atoms with Crippen LogP contribution in [-0.2, 0) is 11.3 Å². The van der Waals surface area contributed by atoms with Crippen molar-refractivity contribution in [2.75, 3.05) is 10.6 Å². The number of rotatable bonds is 6. The molecule has 23 heavy (non-hydrogen) atoms. The average molecular weight is 322 g/mol. The van der Waals surface area contributed by atoms with Gasteiger partial charge in [0.2, 0.25) is 5.91 Å². The van der Waals surface area contributed by atoms with Gasteiger partial charge >= 0.3 is 0 Å². The van der Waals surface area contributed by atoms with E-state index in [9.17, 15) is 13.6 Å². The second kappa shape index (κ2) is 7.21. The zero-order chi connectivity index (χ0) is 17.0. The van der Waals surface area contributed by atoms with Crippen LogP contribution in [0.5, 0.6) is 0 Å². The number of amides is 1. The Balaban J connectivity index is 1.97. The smallest absolute Gasteiger partial charge is 0.257 e. The molecule has 1 aromatic carbocycles. The number of halogens is 2. The molecule has 1 atom stereocenters. The lowest BCUT2D eigenvalue weighted by Gasteiger charge is -2.15. The molecule has 2 aromatic rings. The minimum absolute atomic E-state index is 0.208. The van der Waals surface area contributed by atoms with Gasteiger partial charge < -0.3 is 10.6 Å². The van der Waals surface area contributed by atoms with E-state index in [0.717, 1.165) is 21.5 Å². The number of anilines is 2. The molecule has 0 aliphatic carbocycles. The molecule has 5 nitrogen and oxygen atoms in total. The Hall–Kier alpha value is -2.44. The Morgan fingerprint density at radius 1 is 1.35 bits per heavy atom. The largest absolute Gasteiger partial charge is 0.371 e. The maximum atomic E-state index is 12.3. The van der Waals surface area contributed by atoms with Crippen LogP contribution < -0.4 is 10.6 Å². The number of hydrogen-bond donors (Lipinski definition) is 2. The van der Waals surface area contributed by atoms with Crippen molar-refractivity contribution >= 4 is 17.3 Å². The van der Waals surface area contributed by atoms with Crippen molar-refractivity contribution in [3.8, 4) is 0 Å². The molecule has 0 fully saturated rings. The molecule has 2 rings (SSSR count). The summed E-state index contributed by atoms with van der Waals surface area (Å²) in [6.45, 7) is 5.10. The number of nitrogens with zero attached hydrogens (tertiary/aromatic N) is 2. The van der Waals surface area contributed by atoms with Crippen LogP contribution in [0.1, 0.15) is 18.1 Å². The fraction of sp³-hybridized carbons (Fsp3) is 0.375. The molecule has 0 saturated heterocycles. The minimum Gasteiger partial charge on any atom is -0.371 e. The maximum Gasteiger partial charge on any atom is 0.257 e. The van der Waals surface area contributed by atoms with Gasteiger partial charge in [-0.15, -0.1) is 0 Å². The quantitative estimate of drug-likeness (QED) is 0.858. The van der Waals surface area contributed by atoms with Crippen molar-refractivity contribution in [1.82, 2.24) is 9.78 Å². The number of hydrogen-bond acceptors (Lipinski definition) is 3. The topological polar surface area (TPSA) is 59.0 Å². The van der Waals surface area contributed by atoms with E-state index in [2.05, 4.69) is 15.7 Å². The molecule has 1 amide bonds. The first-order chi connectivity index (χ1) is 10.8. The second-order valence-electron chi connectivity index (χ2n) is 5.52. The average Bonchev–Trinajstić information content (AvgIpc) is 2.89. The first kappa shape index (κ1) is 16.9. The van der Waals surface area contributed by atoms with Crippen LogP contribution in [-0.4, -0.2) is 28.2 Å². The highest BCUT2D eigenvalue weighted by Crippen LogP contribution is 2.17. The van der Waals surface area contributed by atoms with Crippen LogP contribution >= 0.6 is 0 Å². The minimum atomic E-state index is -2.47. The highest BCUT2D eigenvalue weighted by Gasteiger charge is 2.15. The van der Waals surface area contributed by atoms with Crippen molar-refractivity contribution in [3.63, 3.8) is 0 Å². The monoisotopic (exact) mass is 322 g/mol. The molecular formula is C16H20F2N4O. The lowest BCUT2D eigenvalue weighted by Crippen LogP contribution is -2.32. The number of aromatic nitrogens is 2. The van der Waals surface area contributed by atoms with E-state index in [0.29, 0.717) is 5.69 Å². The summed E-state index contributed by atoms with van der Waals surface area (Å²) < 4.78 is 25.7. The van der Waals surface area contributed by atoms with E-state index in [1.165, 1.54) is 12.4 Å². The van der Waals surface area contributed by atoms with E-state index < -0.39 is 19.0 Å². The Kier molecular flexibility index (Phi) is 5.31. The van der Waals surface area contributed by atoms with Crippen LogP contribution in [0, 0.1) is 13.8 Å². The molecule has 0 bridgehead atoms. The lowest BCUT2D eigenvalue weighted by molar-refractivity contribution is -0.116. The third-order valence-electron chi connectivity index (χ3n) is 3.39. The highest BCUT2D eigenvalue weighted by atomic mass is 19.3. The first-order valence-corrected chi connectivity index (χ1v) is 7.30. The molecule has 0 aliphatic rings. The summed E-state index contributed by atoms with van der Waals surface area (Å²) >= 11 is 0. The van der Waals surface area contributed by atoms with E-state index in [4.69, 9.17) is 0 Å². The van der Waals surface area contributed by atoms with Crippen molar-refractivity contribution in [2.24, 2.45) is 0 Å². The van der Waals surface area contributed by atoms with Gasteiger partial charge in [-0.25, -0.2) is 8.78 Å². The van der Waals surface area contributed by atoms with Crippen molar-refractivity contribution in [3.05, 3.63) is 41.7 Å². The molecule has 1 unspecified atom stereocenters. The Morgan fingerprint density at radius 3 is 2.78 bits per heavy atom. The third-order valence-corrected chi connectivity index (χ3v) is 3.39. The Bertz CT molecular complexity index is 684. The second-order valence-corrected chi connectivity index (χ2v) is 5.52. The summed E-state index contributed by atoms with van der Waals surface area (Å²) in [4.78, 5) is 12.2. The van der Waals surface area contributed by atoms with Gasteiger partial charge in [-0.2, -0.15) is 5.10 Å². The first-order valence-electron chi connectivity index (χ1n) is 7.30. The summed E-state index contributed by atoms with van der Waals surface area (Å²) in [5.74, 6) is -0.208. The number of nitrogens with one attached hydrogen (secondary N) is 2. The Labute approximate surface area is 133 Å². The predicted octanol–water partition coefficient (Wildman–Crippen LogP) is 3.20. The summed E-state index contributed by atoms with van der Waals surface area (Å²) in [6.07, 6.45) is 0.408. The molecule has 0 saturated carbocycles. The van der Waals surface area contributed by atoms with Gasteiger partial charge in [-0.05, 0) is 38.0 Å². The van der Waals surface area contributed by atoms with Crippen LogP contribution in [0.25, 0.3) is 0 Å². The van der Waals surface area contributed by atoms with Crippen LogP contribution in [0.4, 0.5) is 20.2 Å². The van der Waals surface area contributed by atoms with Gasteiger partial charge in [0.15, 0.2) is 0 Å². The molecular weight excluding hydrogens is 302 g/mol. The van der Waals surface area contributed by atoms with Gasteiger partial charge in [0.05, 0.1) is 11.9 Å². The number of benzene rings is 1. The molecule has 2 N–H and O–H groups in total. The van der Waals surface area contributed by atoms with Crippen LogP contribution in [0.15, 0.2) is 30.6 Å². The van der Waals surface area contributed by atoms with E-state index >= 15 is 0 Å². The zero-order valence-electron chi connectivity index (χ0n) is 13.3. The van der Waals surface area contributed by atoms with Crippen LogP contribution in [0.3, 0.4) is 0 Å². The summed E-state index contributed by atoms with van der Waals surface area (Å²) in [6, 6.07) is 5.29. The van der Waals surface area contributed by atoms with Gasteiger partial charge in [0.1, 0.15) is 12.6 Å². The lowest BCUT2D eigenvalue weighted by atomic mass is 10.1. The van der Waals surface area contributed by atoms with Crippen LogP contribution in [0.2, 0.25) is 0 Å². The van der Waals surface area contributed by atoms with Crippen molar-refractivity contribution < 1.29 is 13.6 Å². The van der Waals surface area contributed by atoms with E-state index in [1.54, 1.807) is 6.92 Å². The van der Waals surface area contributed by atoms with Crippen molar-refractivity contribution in [1.29, 1.82) is 0 Å². The molecule has 0 aliphatic heterocycles. The number of carbonyl (C=O) groups is 1. The SMILES string of the molecule is Cc1ccc(C)c(NC(=O)C(C)Nc2cnn(CC(F)F)c2)c1. The van der Waals surface area contributed by atoms with E-state index in [1.807, 2.05) is 32.0 Å². The molecule has 124 valence electrons. The van der Waals surface area contributed by atoms with Gasteiger partial charge in [0.25, 0.3) is 6.43 Å². The molecule has 1 heterocycles. The Morgan fingerprint density at radius 2 is 2.09 bits per heavy atom. The molecule has 1 aromatic heterocycles. The van der Waals surface area contributed by atoms with Crippen molar-refractivity contribution in [2.45, 2.75) is 39.8 Å². The maximum absolute atomic E-state index is 12.3. The summed E-state index contributed by atoms with van der Waals surface area (Å²) in [7, 11) is 0. The fourth-order valence-corrected chi connectivity index (χ4v) is 2.11. The summed E-state index contributed by atoms with van der Waals surface area (Å²) in [5, 5.41) is 9.63. The standard InChI is InChI=1S/C16H20F2N4O/c1-10-4-5-11(2)14(6-10)21-16(23)12(3)20-13-7-19-22(8-13)9-15(17)18/h4-8,12,15,20H,9H2,1-3H3,(H,21,23). The van der Waals surface area contributed by atoms with Gasteiger partial charge in [-0.1, -0.05) is 12.1 Å². The number of carbonyl (C=O) groups excluding carboxylic acids is 1.